The summed E-state index contributed by atoms with van der Waals surface area (Å²) in [5, 5.41) is 7.50. The first-order chi connectivity index (χ1) is 23.4. The SMILES string of the molecule is C1CCCC1.Cc1cc(C)cc(P(c2cc(C)cc(C)c2)[C@H](C)C2CCCC2c2ccccc2P(c2ccccc2)c2ccccc2)c1.[CH3-].[CH3-].[Fe+2]. The standard InChI is InChI=1S/C41H44P2.C5H10.2CH3.Fe/c1-29-23-30(2)26-36(25-29)42(37-27-31(3)24-32(4)28-37)33(5)38-20-14-21-39(38)40-19-12-13-22-41(40)43(34-15-8-6-9-16-34)35-17-10-7-11-18-35;1-2-4-5-3-1;;;/h6-13,15-19,22-28,33,38-39H,14,20-21H2,1-5H3;1-5H2;2*1H3;/q;;2*-1;+2/t33-,38?,39?;;;;/m1..../s1. The zero-order valence-corrected chi connectivity index (χ0v) is 35.1. The number of hydrogen-bond donors (Lipinski definition) is 0. The monoisotopic (exact) mass is 754 g/mol. The van der Waals surface area contributed by atoms with E-state index in [1.165, 1.54) is 84.2 Å². The van der Waals surface area contributed by atoms with Crippen LogP contribution in [0.25, 0.3) is 0 Å². The summed E-state index contributed by atoms with van der Waals surface area (Å²) in [5.41, 5.74) is 7.68. The minimum absolute atomic E-state index is 0. The molecule has 3 atom stereocenters. The van der Waals surface area contributed by atoms with Gasteiger partial charge in [-0.1, -0.05) is 189 Å². The summed E-state index contributed by atoms with van der Waals surface area (Å²) in [6.07, 6.45) is 11.4. The first-order valence-corrected chi connectivity index (χ1v) is 21.1. The van der Waals surface area contributed by atoms with Crippen molar-refractivity contribution < 1.29 is 17.1 Å². The molecule has 0 aliphatic heterocycles. The molecule has 2 unspecified atom stereocenters. The van der Waals surface area contributed by atoms with Crippen molar-refractivity contribution in [2.75, 3.05) is 0 Å². The van der Waals surface area contributed by atoms with E-state index in [1.54, 1.807) is 21.5 Å². The van der Waals surface area contributed by atoms with Crippen LogP contribution in [0.1, 0.15) is 92.0 Å². The van der Waals surface area contributed by atoms with Crippen LogP contribution in [-0.4, -0.2) is 5.66 Å². The van der Waals surface area contributed by atoms with Crippen molar-refractivity contribution in [3.63, 3.8) is 0 Å². The second-order valence-corrected chi connectivity index (χ2v) is 19.1. The molecule has 0 spiro atoms. The molecule has 0 amide bonds. The zero-order chi connectivity index (χ0) is 33.5. The van der Waals surface area contributed by atoms with Crippen molar-refractivity contribution >= 4 is 42.4 Å². The second kappa shape index (κ2) is 20.6. The Balaban J connectivity index is 0.000000809. The summed E-state index contributed by atoms with van der Waals surface area (Å²) in [5.74, 6) is 1.22. The van der Waals surface area contributed by atoms with Crippen LogP contribution in [-0.2, 0) is 17.1 Å². The van der Waals surface area contributed by atoms with Gasteiger partial charge in [-0.05, 0) is 106 Å². The maximum Gasteiger partial charge on any atom is 2.00 e. The average Bonchev–Trinajstić information content (AvgIpc) is 3.82. The maximum absolute atomic E-state index is 2.59. The molecule has 2 saturated carbocycles. The van der Waals surface area contributed by atoms with Gasteiger partial charge in [0.05, 0.1) is 0 Å². The quantitative estimate of drug-likeness (QED) is 0.0841. The van der Waals surface area contributed by atoms with Crippen LogP contribution in [0.5, 0.6) is 0 Å². The van der Waals surface area contributed by atoms with Gasteiger partial charge < -0.3 is 14.9 Å². The minimum atomic E-state index is -0.636. The molecule has 0 N–H and O–H groups in total. The van der Waals surface area contributed by atoms with Crippen LogP contribution in [0.2, 0.25) is 0 Å². The van der Waals surface area contributed by atoms with Crippen molar-refractivity contribution in [1.82, 2.24) is 0 Å². The van der Waals surface area contributed by atoms with Gasteiger partial charge in [0.1, 0.15) is 0 Å². The molecule has 0 nitrogen and oxygen atoms in total. The maximum atomic E-state index is 2.59. The third-order valence-corrected chi connectivity index (χ3v) is 15.8. The van der Waals surface area contributed by atoms with Gasteiger partial charge in [-0.15, -0.1) is 0 Å². The van der Waals surface area contributed by atoms with Crippen LogP contribution in [0.3, 0.4) is 0 Å². The van der Waals surface area contributed by atoms with Gasteiger partial charge in [0.2, 0.25) is 0 Å². The van der Waals surface area contributed by atoms with Crippen LogP contribution in [0.15, 0.2) is 121 Å². The van der Waals surface area contributed by atoms with Crippen molar-refractivity contribution in [2.24, 2.45) is 5.92 Å². The Hall–Kier alpha value is -2.52. The van der Waals surface area contributed by atoms with Gasteiger partial charge in [0, 0.05) is 0 Å². The topological polar surface area (TPSA) is 0 Å². The summed E-state index contributed by atoms with van der Waals surface area (Å²) in [6, 6.07) is 46.5. The second-order valence-electron chi connectivity index (χ2n) is 14.3. The molecular formula is C48H60FeP2. The Labute approximate surface area is 325 Å². The van der Waals surface area contributed by atoms with Gasteiger partial charge in [0.15, 0.2) is 0 Å². The molecule has 2 fully saturated rings. The van der Waals surface area contributed by atoms with Crippen LogP contribution < -0.4 is 26.5 Å². The fraction of sp³-hybridized carbons (Fsp3) is 0.333. The van der Waals surface area contributed by atoms with Gasteiger partial charge in [-0.25, -0.2) is 0 Å². The van der Waals surface area contributed by atoms with Crippen molar-refractivity contribution in [3.05, 3.63) is 164 Å². The van der Waals surface area contributed by atoms with E-state index in [-0.39, 0.29) is 31.9 Å². The minimum Gasteiger partial charge on any atom is -0.358 e. The number of hydrogen-bond acceptors (Lipinski definition) is 0. The van der Waals surface area contributed by atoms with Crippen molar-refractivity contribution in [3.8, 4) is 0 Å². The Morgan fingerprint density at radius 1 is 0.490 bits per heavy atom. The summed E-state index contributed by atoms with van der Waals surface area (Å²) < 4.78 is 0. The predicted molar refractivity (Wildman–Crippen MR) is 229 cm³/mol. The Morgan fingerprint density at radius 2 is 0.902 bits per heavy atom. The summed E-state index contributed by atoms with van der Waals surface area (Å²) in [4.78, 5) is 0. The first kappa shape index (κ1) is 42.9. The van der Waals surface area contributed by atoms with E-state index >= 15 is 0 Å². The molecule has 0 radical (unpaired) electrons. The molecule has 0 heterocycles. The summed E-state index contributed by atoms with van der Waals surface area (Å²) in [7, 11) is -1.15. The van der Waals surface area contributed by atoms with E-state index in [1.807, 2.05) is 0 Å². The van der Waals surface area contributed by atoms with Crippen molar-refractivity contribution in [2.45, 2.75) is 97.6 Å². The molecule has 0 aromatic heterocycles. The molecular weight excluding hydrogens is 694 g/mol. The number of aryl methyl sites for hydroxylation is 4. The van der Waals surface area contributed by atoms with Gasteiger partial charge in [0.25, 0.3) is 0 Å². The molecule has 3 heteroatoms. The smallest absolute Gasteiger partial charge is 0.358 e. The predicted octanol–water partition coefficient (Wildman–Crippen LogP) is 11.9. The summed E-state index contributed by atoms with van der Waals surface area (Å²) in [6.45, 7) is 11.6. The summed E-state index contributed by atoms with van der Waals surface area (Å²) >= 11 is 0. The Morgan fingerprint density at radius 3 is 1.35 bits per heavy atom. The molecule has 5 aromatic rings. The molecule has 0 bridgehead atoms. The molecule has 270 valence electrons. The normalized spacial score (nSPS) is 17.1. The van der Waals surface area contributed by atoms with E-state index in [0.717, 1.165) is 0 Å². The molecule has 2 aliphatic rings. The molecule has 51 heavy (non-hydrogen) atoms. The number of rotatable bonds is 8. The van der Waals surface area contributed by atoms with Crippen LogP contribution >= 0.6 is 15.8 Å². The molecule has 5 aromatic carbocycles. The van der Waals surface area contributed by atoms with E-state index in [2.05, 4.69) is 156 Å². The fourth-order valence-electron chi connectivity index (χ4n) is 8.41. The number of benzene rings is 5. The molecule has 2 aliphatic carbocycles. The van der Waals surface area contributed by atoms with Crippen LogP contribution in [0.4, 0.5) is 0 Å². The third kappa shape index (κ3) is 10.8. The van der Waals surface area contributed by atoms with E-state index in [0.29, 0.717) is 17.5 Å². The average molecular weight is 755 g/mol. The van der Waals surface area contributed by atoms with Gasteiger partial charge in [-0.3, -0.25) is 0 Å². The van der Waals surface area contributed by atoms with E-state index in [9.17, 15) is 0 Å². The molecule has 7 rings (SSSR count). The fourth-order valence-corrected chi connectivity index (χ4v) is 14.3. The van der Waals surface area contributed by atoms with Crippen LogP contribution in [0, 0.1) is 48.5 Å². The van der Waals surface area contributed by atoms with Gasteiger partial charge >= 0.3 is 17.1 Å². The Kier molecular flexibility index (Phi) is 17.4. The van der Waals surface area contributed by atoms with E-state index in [4.69, 9.17) is 0 Å². The molecule has 0 saturated heterocycles. The van der Waals surface area contributed by atoms with E-state index < -0.39 is 15.8 Å². The first-order valence-electron chi connectivity index (χ1n) is 18.3. The van der Waals surface area contributed by atoms with Gasteiger partial charge in [-0.2, -0.15) is 0 Å². The third-order valence-electron chi connectivity index (χ3n) is 10.4. The largest absolute Gasteiger partial charge is 2.00 e. The zero-order valence-electron chi connectivity index (χ0n) is 32.2. The Bertz CT molecular complexity index is 1620. The van der Waals surface area contributed by atoms with Crippen molar-refractivity contribution in [1.29, 1.82) is 0 Å².